The van der Waals surface area contributed by atoms with Crippen LogP contribution in [-0.4, -0.2) is 13.3 Å². The van der Waals surface area contributed by atoms with Gasteiger partial charge in [0.2, 0.25) is 0 Å². The number of rotatable bonds is 3. The highest BCUT2D eigenvalue weighted by atomic mass is 35.5. The third-order valence-corrected chi connectivity index (χ3v) is 3.25. The molecule has 0 aliphatic rings. The van der Waals surface area contributed by atoms with E-state index in [1.54, 1.807) is 37.4 Å². The number of alkyl halides is 4. The van der Waals surface area contributed by atoms with E-state index in [0.29, 0.717) is 11.3 Å². The first-order valence-electron chi connectivity index (χ1n) is 5.67. The lowest BCUT2D eigenvalue weighted by Crippen LogP contribution is -2.10. The van der Waals surface area contributed by atoms with Gasteiger partial charge in [0.15, 0.2) is 0 Å². The first kappa shape index (κ1) is 14.0. The van der Waals surface area contributed by atoms with Gasteiger partial charge in [0, 0.05) is 0 Å². The fourth-order valence-electron chi connectivity index (χ4n) is 1.89. The highest BCUT2D eigenvalue weighted by molar-refractivity contribution is 6.21. The van der Waals surface area contributed by atoms with Crippen LogP contribution in [0.25, 0.3) is 10.8 Å². The molecule has 0 N–H and O–H groups in total. The number of hydrogen-bond donors (Lipinski definition) is 0. The molecule has 0 bridgehead atoms. The Kier molecular flexibility index (Phi) is 3.90. The molecule has 0 spiro atoms. The Balaban J connectivity index is 2.31. The van der Waals surface area contributed by atoms with Crippen molar-refractivity contribution >= 4 is 22.4 Å². The maximum absolute atomic E-state index is 12.3. The van der Waals surface area contributed by atoms with Gasteiger partial charge in [0.1, 0.15) is 5.75 Å². The quantitative estimate of drug-likeness (QED) is 0.716. The summed E-state index contributed by atoms with van der Waals surface area (Å²) >= 11 is 5.81. The fourth-order valence-corrected chi connectivity index (χ4v) is 2.20. The molecule has 19 heavy (non-hydrogen) atoms. The van der Waals surface area contributed by atoms with Crippen LogP contribution in [0.4, 0.5) is 13.2 Å². The van der Waals surface area contributed by atoms with Crippen molar-refractivity contribution in [2.45, 2.75) is 18.0 Å². The Morgan fingerprint density at radius 3 is 2.37 bits per heavy atom. The molecule has 1 atom stereocenters. The standard InChI is InChI=1S/C14H12ClF3O/c1-19-12-5-4-9-6-11(3-2-10(9)7-12)13(15)8-14(16,17)18/h2-7,13H,8H2,1H3. The van der Waals surface area contributed by atoms with Crippen molar-refractivity contribution in [2.75, 3.05) is 7.11 Å². The minimum absolute atomic E-state index is 0.469. The predicted octanol–water partition coefficient (Wildman–Crippen LogP) is 5.08. The van der Waals surface area contributed by atoms with Crippen LogP contribution in [0.5, 0.6) is 5.75 Å². The van der Waals surface area contributed by atoms with Crippen LogP contribution in [-0.2, 0) is 0 Å². The zero-order valence-electron chi connectivity index (χ0n) is 10.2. The third kappa shape index (κ3) is 3.53. The molecule has 102 valence electrons. The maximum atomic E-state index is 12.3. The van der Waals surface area contributed by atoms with E-state index in [4.69, 9.17) is 16.3 Å². The number of fused-ring (bicyclic) bond motifs is 1. The molecular formula is C14H12ClF3O. The molecule has 0 heterocycles. The summed E-state index contributed by atoms with van der Waals surface area (Å²) in [4.78, 5) is 0. The lowest BCUT2D eigenvalue weighted by atomic mass is 10.0. The second-order valence-corrected chi connectivity index (χ2v) is 4.79. The van der Waals surface area contributed by atoms with E-state index in [1.807, 2.05) is 6.07 Å². The molecule has 2 aromatic rings. The lowest BCUT2D eigenvalue weighted by molar-refractivity contribution is -0.134. The first-order valence-corrected chi connectivity index (χ1v) is 6.11. The largest absolute Gasteiger partial charge is 0.497 e. The SMILES string of the molecule is COc1ccc2cc(C(Cl)CC(F)(F)F)ccc2c1. The van der Waals surface area contributed by atoms with Crippen LogP contribution in [0.2, 0.25) is 0 Å². The Labute approximate surface area is 113 Å². The molecule has 1 unspecified atom stereocenters. The summed E-state index contributed by atoms with van der Waals surface area (Å²) in [6.45, 7) is 0. The molecule has 0 fully saturated rings. The molecule has 0 saturated heterocycles. The van der Waals surface area contributed by atoms with Gasteiger partial charge in [-0.2, -0.15) is 13.2 Å². The van der Waals surface area contributed by atoms with Crippen LogP contribution in [0, 0.1) is 0 Å². The van der Waals surface area contributed by atoms with E-state index in [9.17, 15) is 13.2 Å². The molecule has 0 aliphatic heterocycles. The van der Waals surface area contributed by atoms with E-state index in [1.165, 1.54) is 0 Å². The Bertz CT molecular complexity index is 580. The molecule has 5 heteroatoms. The molecular weight excluding hydrogens is 277 g/mol. The molecule has 0 saturated carbocycles. The topological polar surface area (TPSA) is 9.23 Å². The zero-order valence-corrected chi connectivity index (χ0v) is 10.9. The molecule has 2 aromatic carbocycles. The summed E-state index contributed by atoms with van der Waals surface area (Å²) in [6, 6.07) is 10.4. The first-order chi connectivity index (χ1) is 8.89. The number of hydrogen-bond acceptors (Lipinski definition) is 1. The fraction of sp³-hybridized carbons (Fsp3) is 0.286. The van der Waals surface area contributed by atoms with Crippen molar-refractivity contribution in [1.29, 1.82) is 0 Å². The number of ether oxygens (including phenoxy) is 1. The summed E-state index contributed by atoms with van der Waals surface area (Å²) in [5, 5.41) is 0.677. The molecule has 0 radical (unpaired) electrons. The monoisotopic (exact) mass is 288 g/mol. The summed E-state index contributed by atoms with van der Waals surface area (Å²) in [6.07, 6.45) is -5.29. The highest BCUT2D eigenvalue weighted by Crippen LogP contribution is 2.35. The van der Waals surface area contributed by atoms with Crippen molar-refractivity contribution in [3.8, 4) is 5.75 Å². The van der Waals surface area contributed by atoms with Crippen LogP contribution < -0.4 is 4.74 Å². The van der Waals surface area contributed by atoms with Gasteiger partial charge in [-0.15, -0.1) is 11.6 Å². The molecule has 0 aliphatic carbocycles. The van der Waals surface area contributed by atoms with E-state index in [0.717, 1.165) is 10.8 Å². The Hall–Kier alpha value is -1.42. The summed E-state index contributed by atoms with van der Waals surface area (Å²) in [5.74, 6) is 0.706. The highest BCUT2D eigenvalue weighted by Gasteiger charge is 2.31. The maximum Gasteiger partial charge on any atom is 0.390 e. The molecule has 0 aromatic heterocycles. The summed E-state index contributed by atoms with van der Waals surface area (Å²) in [7, 11) is 1.56. The van der Waals surface area contributed by atoms with E-state index in [-0.39, 0.29) is 0 Å². The van der Waals surface area contributed by atoms with E-state index >= 15 is 0 Å². The van der Waals surface area contributed by atoms with Crippen molar-refractivity contribution < 1.29 is 17.9 Å². The van der Waals surface area contributed by atoms with Gasteiger partial charge in [0.25, 0.3) is 0 Å². The summed E-state index contributed by atoms with van der Waals surface area (Å²) < 4.78 is 42.0. The van der Waals surface area contributed by atoms with Crippen molar-refractivity contribution in [3.63, 3.8) is 0 Å². The lowest BCUT2D eigenvalue weighted by Gasteiger charge is -2.13. The van der Waals surface area contributed by atoms with Gasteiger partial charge in [0.05, 0.1) is 18.9 Å². The van der Waals surface area contributed by atoms with Crippen LogP contribution in [0.1, 0.15) is 17.4 Å². The third-order valence-electron chi connectivity index (χ3n) is 2.84. The van der Waals surface area contributed by atoms with E-state index in [2.05, 4.69) is 0 Å². The minimum Gasteiger partial charge on any atom is -0.497 e. The Morgan fingerprint density at radius 1 is 1.11 bits per heavy atom. The average Bonchev–Trinajstić information content (AvgIpc) is 2.35. The summed E-state index contributed by atoms with van der Waals surface area (Å²) in [5.41, 5.74) is 0.469. The van der Waals surface area contributed by atoms with Crippen LogP contribution in [0.15, 0.2) is 36.4 Å². The normalized spacial score (nSPS) is 13.5. The van der Waals surface area contributed by atoms with Gasteiger partial charge >= 0.3 is 6.18 Å². The second-order valence-electron chi connectivity index (χ2n) is 4.26. The van der Waals surface area contributed by atoms with Crippen LogP contribution in [0.3, 0.4) is 0 Å². The van der Waals surface area contributed by atoms with Gasteiger partial charge in [-0.25, -0.2) is 0 Å². The molecule has 1 nitrogen and oxygen atoms in total. The molecule has 0 amide bonds. The van der Waals surface area contributed by atoms with Crippen molar-refractivity contribution in [2.24, 2.45) is 0 Å². The Morgan fingerprint density at radius 2 is 1.74 bits per heavy atom. The number of halogens is 4. The molecule has 2 rings (SSSR count). The zero-order chi connectivity index (χ0) is 14.0. The predicted molar refractivity (Wildman–Crippen MR) is 69.8 cm³/mol. The number of methoxy groups -OCH3 is 1. The van der Waals surface area contributed by atoms with Gasteiger partial charge in [-0.1, -0.05) is 18.2 Å². The van der Waals surface area contributed by atoms with Gasteiger partial charge in [-0.05, 0) is 34.5 Å². The number of benzene rings is 2. The smallest absolute Gasteiger partial charge is 0.390 e. The van der Waals surface area contributed by atoms with Crippen molar-refractivity contribution in [1.82, 2.24) is 0 Å². The van der Waals surface area contributed by atoms with Gasteiger partial charge < -0.3 is 4.74 Å². The van der Waals surface area contributed by atoms with Gasteiger partial charge in [-0.3, -0.25) is 0 Å². The second kappa shape index (κ2) is 5.29. The minimum atomic E-state index is -4.26. The van der Waals surface area contributed by atoms with E-state index < -0.39 is 18.0 Å². The van der Waals surface area contributed by atoms with Crippen LogP contribution >= 0.6 is 11.6 Å². The average molecular weight is 289 g/mol. The van der Waals surface area contributed by atoms with Crippen molar-refractivity contribution in [3.05, 3.63) is 42.0 Å².